The highest BCUT2D eigenvalue weighted by Crippen LogP contribution is 2.28. The van der Waals surface area contributed by atoms with E-state index >= 15 is 0 Å². The molecule has 0 aliphatic carbocycles. The maximum absolute atomic E-state index is 12.8. The number of nitrogens with zero attached hydrogens (tertiary/aromatic N) is 3. The zero-order chi connectivity index (χ0) is 27.8. The summed E-state index contributed by atoms with van der Waals surface area (Å²) >= 11 is 12.2. The fraction of sp³-hybridized carbons (Fsp3) is 0.333. The van der Waals surface area contributed by atoms with Crippen LogP contribution in [0.15, 0.2) is 66.7 Å². The molecule has 0 unspecified atom stereocenters. The predicted molar refractivity (Wildman–Crippen MR) is 157 cm³/mol. The molecule has 2 N–H and O–H groups in total. The Kier molecular flexibility index (Phi) is 10.2. The van der Waals surface area contributed by atoms with Crippen LogP contribution in [-0.4, -0.2) is 68.3 Å². The molecule has 2 atom stereocenters. The molecule has 3 aromatic rings. The second kappa shape index (κ2) is 13.8. The molecule has 3 aromatic carbocycles. The first-order valence-electron chi connectivity index (χ1n) is 12.9. The summed E-state index contributed by atoms with van der Waals surface area (Å²) in [6.45, 7) is 6.98. The van der Waals surface area contributed by atoms with Crippen molar-refractivity contribution >= 4 is 34.9 Å². The van der Waals surface area contributed by atoms with Gasteiger partial charge >= 0.3 is 6.03 Å². The molecule has 1 fully saturated rings. The number of rotatable bonds is 9. The van der Waals surface area contributed by atoms with Crippen molar-refractivity contribution < 1.29 is 9.53 Å². The van der Waals surface area contributed by atoms with Crippen LogP contribution in [0.3, 0.4) is 0 Å². The molecule has 2 amide bonds. The number of nitriles is 1. The summed E-state index contributed by atoms with van der Waals surface area (Å²) in [7, 11) is 1.73. The van der Waals surface area contributed by atoms with Crippen LogP contribution in [0.1, 0.15) is 24.1 Å². The maximum atomic E-state index is 12.8. The Morgan fingerprint density at radius 1 is 1.08 bits per heavy atom. The molecule has 0 saturated carbocycles. The van der Waals surface area contributed by atoms with Gasteiger partial charge < -0.3 is 15.4 Å². The van der Waals surface area contributed by atoms with Crippen molar-refractivity contribution in [2.24, 2.45) is 0 Å². The molecule has 1 heterocycles. The van der Waals surface area contributed by atoms with Gasteiger partial charge in [0.1, 0.15) is 0 Å². The summed E-state index contributed by atoms with van der Waals surface area (Å²) in [5.74, 6) is 0. The number of carbonyl (C=O) groups is 1. The highest BCUT2D eigenvalue weighted by atomic mass is 35.5. The molecule has 204 valence electrons. The number of methoxy groups -OCH3 is 1. The monoisotopic (exact) mass is 565 g/mol. The lowest BCUT2D eigenvalue weighted by Gasteiger charge is -2.44. The zero-order valence-corrected chi connectivity index (χ0v) is 23.7. The van der Waals surface area contributed by atoms with E-state index in [0.29, 0.717) is 34.4 Å². The number of benzene rings is 3. The van der Waals surface area contributed by atoms with Gasteiger partial charge in [0.15, 0.2) is 0 Å². The fourth-order valence-electron chi connectivity index (χ4n) is 5.02. The summed E-state index contributed by atoms with van der Waals surface area (Å²) in [5.41, 5.74) is 4.31. The highest BCUT2D eigenvalue weighted by molar-refractivity contribution is 6.35. The molecular weight excluding hydrogens is 533 g/mol. The number of urea groups is 1. The molecule has 1 saturated heterocycles. The van der Waals surface area contributed by atoms with E-state index in [0.717, 1.165) is 42.9 Å². The first-order chi connectivity index (χ1) is 18.9. The topological polar surface area (TPSA) is 80.6 Å². The molecule has 9 heteroatoms. The lowest BCUT2D eigenvalue weighted by Crippen LogP contribution is -2.55. The molecule has 4 rings (SSSR count). The number of ether oxygens (including phenoxy) is 1. The number of carbonyl (C=O) groups excluding carboxylic acids is 1. The van der Waals surface area contributed by atoms with Crippen molar-refractivity contribution in [1.82, 2.24) is 15.1 Å². The van der Waals surface area contributed by atoms with Gasteiger partial charge in [-0.1, -0.05) is 59.6 Å². The molecule has 7 nitrogen and oxygen atoms in total. The van der Waals surface area contributed by atoms with Crippen LogP contribution in [0.2, 0.25) is 10.0 Å². The Morgan fingerprint density at radius 2 is 1.82 bits per heavy atom. The highest BCUT2D eigenvalue weighted by Gasteiger charge is 2.30. The number of nitrogens with one attached hydrogen (secondary N) is 2. The van der Waals surface area contributed by atoms with E-state index in [-0.39, 0.29) is 18.1 Å². The zero-order valence-electron chi connectivity index (χ0n) is 22.2. The first-order valence-corrected chi connectivity index (χ1v) is 13.7. The van der Waals surface area contributed by atoms with Gasteiger partial charge in [0, 0.05) is 61.6 Å². The third kappa shape index (κ3) is 7.95. The average Bonchev–Trinajstić information content (AvgIpc) is 2.92. The minimum Gasteiger partial charge on any atom is -0.383 e. The van der Waals surface area contributed by atoms with Crippen molar-refractivity contribution in [1.29, 1.82) is 5.26 Å². The Labute approximate surface area is 240 Å². The van der Waals surface area contributed by atoms with Gasteiger partial charge in [0.05, 0.1) is 24.3 Å². The summed E-state index contributed by atoms with van der Waals surface area (Å²) in [5, 5.41) is 16.1. The van der Waals surface area contributed by atoms with Crippen molar-refractivity contribution in [3.63, 3.8) is 0 Å². The minimum absolute atomic E-state index is 0.0298. The Morgan fingerprint density at radius 3 is 2.49 bits per heavy atom. The average molecular weight is 567 g/mol. The molecule has 0 spiro atoms. The predicted octanol–water partition coefficient (Wildman–Crippen LogP) is 6.05. The van der Waals surface area contributed by atoms with Crippen molar-refractivity contribution in [3.8, 4) is 17.2 Å². The van der Waals surface area contributed by atoms with Gasteiger partial charge in [0.25, 0.3) is 0 Å². The van der Waals surface area contributed by atoms with Crippen LogP contribution in [0, 0.1) is 11.3 Å². The van der Waals surface area contributed by atoms with Crippen LogP contribution in [0.5, 0.6) is 0 Å². The van der Waals surface area contributed by atoms with E-state index in [9.17, 15) is 10.1 Å². The van der Waals surface area contributed by atoms with Crippen LogP contribution in [0.4, 0.5) is 10.5 Å². The Hall–Kier alpha value is -3.12. The van der Waals surface area contributed by atoms with E-state index in [1.807, 2.05) is 18.2 Å². The van der Waals surface area contributed by atoms with Gasteiger partial charge in [-0.05, 0) is 53.9 Å². The normalized spacial score (nSPS) is 16.8. The summed E-state index contributed by atoms with van der Waals surface area (Å²) in [6, 6.07) is 23.0. The standard InChI is InChI=1S/C30H33Cl2N5O2/c1-21-20-36(12-13-39-2)10-11-37(21)29(19-34-30(38)35-28-16-26(31)15-27(32)17-28)24-8-6-23(7-9-24)25-5-3-4-22(14-25)18-33/h3-9,14-17,21,29H,10-13,19-20H2,1-2H3,(H2,34,35,38)/t21-,29+/m0/s1. The lowest BCUT2D eigenvalue weighted by atomic mass is 9.97. The number of piperazine rings is 1. The maximum Gasteiger partial charge on any atom is 0.319 e. The molecule has 39 heavy (non-hydrogen) atoms. The number of anilines is 1. The number of amides is 2. The Balaban J connectivity index is 1.51. The summed E-state index contributed by atoms with van der Waals surface area (Å²) in [4.78, 5) is 17.7. The second-order valence-electron chi connectivity index (χ2n) is 9.70. The summed E-state index contributed by atoms with van der Waals surface area (Å²) in [6.07, 6.45) is 0. The number of hydrogen-bond acceptors (Lipinski definition) is 5. The molecule has 0 aromatic heterocycles. The fourth-order valence-corrected chi connectivity index (χ4v) is 5.54. The molecule has 1 aliphatic heterocycles. The Bertz CT molecular complexity index is 1290. The third-order valence-corrected chi connectivity index (χ3v) is 7.41. The van der Waals surface area contributed by atoms with E-state index in [1.54, 1.807) is 31.4 Å². The van der Waals surface area contributed by atoms with Gasteiger partial charge in [-0.25, -0.2) is 4.79 Å². The minimum atomic E-state index is -0.324. The van der Waals surface area contributed by atoms with Crippen LogP contribution < -0.4 is 10.6 Å². The van der Waals surface area contributed by atoms with E-state index in [1.165, 1.54) is 0 Å². The smallest absolute Gasteiger partial charge is 0.319 e. The second-order valence-corrected chi connectivity index (χ2v) is 10.6. The first kappa shape index (κ1) is 28.9. The number of halogens is 2. The third-order valence-electron chi connectivity index (χ3n) is 6.97. The largest absolute Gasteiger partial charge is 0.383 e. The van der Waals surface area contributed by atoms with E-state index in [4.69, 9.17) is 27.9 Å². The molecule has 1 aliphatic rings. The number of hydrogen-bond donors (Lipinski definition) is 2. The quantitative estimate of drug-likeness (QED) is 0.330. The lowest BCUT2D eigenvalue weighted by molar-refractivity contribution is 0.0364. The van der Waals surface area contributed by atoms with E-state index < -0.39 is 0 Å². The van der Waals surface area contributed by atoms with E-state index in [2.05, 4.69) is 57.7 Å². The van der Waals surface area contributed by atoms with Gasteiger partial charge in [-0.2, -0.15) is 5.26 Å². The van der Waals surface area contributed by atoms with Gasteiger partial charge in [-0.3, -0.25) is 9.80 Å². The van der Waals surface area contributed by atoms with Crippen LogP contribution in [-0.2, 0) is 4.74 Å². The van der Waals surface area contributed by atoms with Crippen molar-refractivity contribution in [2.75, 3.05) is 51.8 Å². The van der Waals surface area contributed by atoms with Gasteiger partial charge in [0.2, 0.25) is 0 Å². The van der Waals surface area contributed by atoms with Crippen molar-refractivity contribution in [2.45, 2.75) is 19.0 Å². The molecule has 0 radical (unpaired) electrons. The molecule has 0 bridgehead atoms. The van der Waals surface area contributed by atoms with Crippen molar-refractivity contribution in [3.05, 3.63) is 87.9 Å². The van der Waals surface area contributed by atoms with Crippen LogP contribution >= 0.6 is 23.2 Å². The SMILES string of the molecule is COCCN1CCN([C@H](CNC(=O)Nc2cc(Cl)cc(Cl)c2)c2ccc(-c3cccc(C#N)c3)cc2)[C@@H](C)C1. The summed E-state index contributed by atoms with van der Waals surface area (Å²) < 4.78 is 5.27. The van der Waals surface area contributed by atoms with Gasteiger partial charge in [-0.15, -0.1) is 0 Å². The van der Waals surface area contributed by atoms with Crippen LogP contribution in [0.25, 0.3) is 11.1 Å². The molecular formula is C30H33Cl2N5O2.